The molecular formula is C26H57N. The number of nitrogens with one attached hydrogen (secondary N) is 1. The molecule has 0 aromatic rings. The molecule has 0 saturated heterocycles. The van der Waals surface area contributed by atoms with E-state index in [9.17, 15) is 0 Å². The highest BCUT2D eigenvalue weighted by molar-refractivity contribution is 4.90. The fourth-order valence-electron chi connectivity index (χ4n) is 4.68. The molecule has 0 amide bonds. The monoisotopic (exact) mass is 383 g/mol. The van der Waals surface area contributed by atoms with E-state index in [1.54, 1.807) is 38.5 Å². The summed E-state index contributed by atoms with van der Waals surface area (Å²) in [6.45, 7) is 22.5. The maximum Gasteiger partial charge on any atom is -0.00804 e. The molecule has 0 heterocycles. The van der Waals surface area contributed by atoms with Gasteiger partial charge in [-0.1, -0.05) is 82.1 Å². The number of hydrogen-bond acceptors (Lipinski definition) is 1. The maximum absolute atomic E-state index is 2.93. The van der Waals surface area contributed by atoms with Crippen molar-refractivity contribution in [2.75, 3.05) is 13.6 Å². The second-order valence-corrected chi connectivity index (χ2v) is 8.53. The molecule has 1 N–H and O–H groups in total. The number of rotatable bonds is 5. The first-order valence-electron chi connectivity index (χ1n) is 12.7. The fourth-order valence-corrected chi connectivity index (χ4v) is 4.68. The van der Waals surface area contributed by atoms with Crippen LogP contribution in [0.4, 0.5) is 0 Å². The first kappa shape index (κ1) is 29.2. The van der Waals surface area contributed by atoms with Crippen LogP contribution in [-0.4, -0.2) is 13.6 Å². The molecule has 0 aliphatic heterocycles. The summed E-state index contributed by atoms with van der Waals surface area (Å²) in [6.07, 6.45) is 10.9. The Morgan fingerprint density at radius 2 is 1.07 bits per heavy atom. The van der Waals surface area contributed by atoms with Gasteiger partial charge in [-0.05, 0) is 87.1 Å². The van der Waals surface area contributed by atoms with E-state index in [-0.39, 0.29) is 0 Å². The van der Waals surface area contributed by atoms with Gasteiger partial charge in [0.15, 0.2) is 0 Å². The Balaban J connectivity index is 0. The van der Waals surface area contributed by atoms with Crippen molar-refractivity contribution in [3.05, 3.63) is 0 Å². The Morgan fingerprint density at radius 3 is 1.37 bits per heavy atom. The number of hydrogen-bond donors (Lipinski definition) is 1. The highest BCUT2D eigenvalue weighted by Crippen LogP contribution is 2.50. The van der Waals surface area contributed by atoms with Crippen LogP contribution in [0.2, 0.25) is 0 Å². The summed E-state index contributed by atoms with van der Waals surface area (Å²) in [4.78, 5) is 0. The van der Waals surface area contributed by atoms with Gasteiger partial charge in [0.25, 0.3) is 0 Å². The summed E-state index contributed by atoms with van der Waals surface area (Å²) >= 11 is 0. The van der Waals surface area contributed by atoms with Crippen molar-refractivity contribution < 1.29 is 0 Å². The average molecular weight is 384 g/mol. The van der Waals surface area contributed by atoms with Gasteiger partial charge in [0.1, 0.15) is 0 Å². The smallest absolute Gasteiger partial charge is 0.00804 e. The molecule has 1 nitrogen and oxygen atoms in total. The predicted octanol–water partition coefficient (Wildman–Crippen LogP) is 8.44. The van der Waals surface area contributed by atoms with Crippen LogP contribution in [0.3, 0.4) is 0 Å². The van der Waals surface area contributed by atoms with Crippen LogP contribution in [0.15, 0.2) is 0 Å². The van der Waals surface area contributed by atoms with E-state index in [4.69, 9.17) is 0 Å². The molecule has 1 heteroatoms. The van der Waals surface area contributed by atoms with Gasteiger partial charge in [-0.25, -0.2) is 0 Å². The third kappa shape index (κ3) is 11.5. The van der Waals surface area contributed by atoms with Crippen LogP contribution in [0.1, 0.15) is 114 Å². The standard InChI is InChI=1S/C17H30.C3H9N.3C2H6/c1-11-6-17(13(11)3)10-15-5-4-14(8-15)9-16-7-12(16)2;1-3-4-2;3*1-2/h11-17H,4-10H2,1-3H3;4H,3H2,1-2H3;3*1-2H3. The van der Waals surface area contributed by atoms with Gasteiger partial charge in [0.05, 0.1) is 0 Å². The zero-order valence-electron chi connectivity index (χ0n) is 21.2. The van der Waals surface area contributed by atoms with Gasteiger partial charge >= 0.3 is 0 Å². The van der Waals surface area contributed by atoms with Crippen LogP contribution in [0, 0.1) is 41.4 Å². The molecule has 0 aromatic carbocycles. The van der Waals surface area contributed by atoms with E-state index in [0.717, 1.165) is 48.0 Å². The van der Waals surface area contributed by atoms with Gasteiger partial charge in [0.2, 0.25) is 0 Å². The Hall–Kier alpha value is -0.0400. The van der Waals surface area contributed by atoms with E-state index in [1.807, 2.05) is 48.6 Å². The van der Waals surface area contributed by atoms with Crippen molar-refractivity contribution in [3.63, 3.8) is 0 Å². The van der Waals surface area contributed by atoms with Crippen LogP contribution in [-0.2, 0) is 0 Å². The minimum absolute atomic E-state index is 1.02. The minimum atomic E-state index is 1.02. The van der Waals surface area contributed by atoms with Gasteiger partial charge in [0, 0.05) is 0 Å². The van der Waals surface area contributed by atoms with E-state index < -0.39 is 0 Å². The lowest BCUT2D eigenvalue weighted by Crippen LogP contribution is -2.33. The molecule has 0 radical (unpaired) electrons. The molecule has 0 bridgehead atoms. The Labute approximate surface area is 174 Å². The Morgan fingerprint density at radius 1 is 0.667 bits per heavy atom. The van der Waals surface area contributed by atoms with E-state index >= 15 is 0 Å². The summed E-state index contributed by atoms with van der Waals surface area (Å²) < 4.78 is 0. The Bertz CT molecular complexity index is 299. The maximum atomic E-state index is 2.93. The second-order valence-electron chi connectivity index (χ2n) is 8.53. The van der Waals surface area contributed by atoms with Crippen molar-refractivity contribution in [2.45, 2.75) is 114 Å². The summed E-state index contributed by atoms with van der Waals surface area (Å²) in [5.41, 5.74) is 0. The van der Waals surface area contributed by atoms with Crippen molar-refractivity contribution in [3.8, 4) is 0 Å². The summed E-state index contributed by atoms with van der Waals surface area (Å²) in [5.74, 6) is 7.55. The van der Waals surface area contributed by atoms with E-state index in [1.165, 1.54) is 6.42 Å². The lowest BCUT2D eigenvalue weighted by molar-refractivity contribution is 0.0786. The van der Waals surface area contributed by atoms with Crippen LogP contribution in [0.5, 0.6) is 0 Å². The van der Waals surface area contributed by atoms with Crippen LogP contribution >= 0.6 is 0 Å². The molecule has 166 valence electrons. The molecule has 3 aliphatic rings. The summed E-state index contributed by atoms with van der Waals surface area (Å²) in [6, 6.07) is 0. The van der Waals surface area contributed by atoms with Crippen LogP contribution < -0.4 is 5.32 Å². The SMILES string of the molecule is CC.CC.CC.CC1CC1CC1CCC(CC2CC(C)C2C)C1.CCNC. The summed E-state index contributed by atoms with van der Waals surface area (Å²) in [7, 11) is 1.93. The highest BCUT2D eigenvalue weighted by atomic mass is 14.8. The molecule has 7 atom stereocenters. The third-order valence-electron chi connectivity index (χ3n) is 6.87. The average Bonchev–Trinajstić information content (AvgIpc) is 3.24. The van der Waals surface area contributed by atoms with Gasteiger partial charge < -0.3 is 5.32 Å². The van der Waals surface area contributed by atoms with E-state index in [2.05, 4.69) is 33.0 Å². The molecule has 0 aromatic heterocycles. The molecule has 7 unspecified atom stereocenters. The van der Waals surface area contributed by atoms with Gasteiger partial charge in [-0.15, -0.1) is 0 Å². The molecule has 3 rings (SSSR count). The second kappa shape index (κ2) is 18.0. The zero-order valence-corrected chi connectivity index (χ0v) is 21.2. The van der Waals surface area contributed by atoms with Crippen molar-refractivity contribution in [1.29, 1.82) is 0 Å². The highest BCUT2D eigenvalue weighted by Gasteiger charge is 2.39. The van der Waals surface area contributed by atoms with E-state index in [0.29, 0.717) is 0 Å². The Kier molecular flexibility index (Phi) is 19.5. The van der Waals surface area contributed by atoms with Crippen molar-refractivity contribution in [2.24, 2.45) is 41.4 Å². The quantitative estimate of drug-likeness (QED) is 0.502. The lowest BCUT2D eigenvalue weighted by Gasteiger charge is -2.42. The molecule has 3 fully saturated rings. The molecular weight excluding hydrogens is 326 g/mol. The lowest BCUT2D eigenvalue weighted by atomic mass is 9.63. The predicted molar refractivity (Wildman–Crippen MR) is 127 cm³/mol. The van der Waals surface area contributed by atoms with Crippen LogP contribution in [0.25, 0.3) is 0 Å². The first-order valence-corrected chi connectivity index (χ1v) is 12.7. The molecule has 0 spiro atoms. The topological polar surface area (TPSA) is 12.0 Å². The minimum Gasteiger partial charge on any atom is -0.320 e. The molecule has 27 heavy (non-hydrogen) atoms. The largest absolute Gasteiger partial charge is 0.320 e. The zero-order chi connectivity index (χ0) is 21.4. The van der Waals surface area contributed by atoms with Crippen molar-refractivity contribution in [1.82, 2.24) is 5.32 Å². The summed E-state index contributed by atoms with van der Waals surface area (Å²) in [5, 5.41) is 2.93. The third-order valence-corrected chi connectivity index (χ3v) is 6.87. The fraction of sp³-hybridized carbons (Fsp3) is 1.00. The van der Waals surface area contributed by atoms with Gasteiger partial charge in [-0.2, -0.15) is 0 Å². The van der Waals surface area contributed by atoms with Crippen molar-refractivity contribution >= 4 is 0 Å². The van der Waals surface area contributed by atoms with Gasteiger partial charge in [-0.3, -0.25) is 0 Å². The molecule has 3 aliphatic carbocycles. The molecule has 3 saturated carbocycles. The first-order chi connectivity index (χ1) is 13.0. The normalized spacial score (nSPS) is 35.4.